The summed E-state index contributed by atoms with van der Waals surface area (Å²) in [6.45, 7) is 0. The Labute approximate surface area is 185 Å². The lowest BCUT2D eigenvalue weighted by Crippen LogP contribution is -2.13. The number of carbonyl (C=O) groups is 2. The summed E-state index contributed by atoms with van der Waals surface area (Å²) in [6.07, 6.45) is 1.52. The molecule has 0 saturated carbocycles. The van der Waals surface area contributed by atoms with Crippen LogP contribution in [0, 0.1) is 0 Å². The Morgan fingerprint density at radius 2 is 1.50 bits per heavy atom. The summed E-state index contributed by atoms with van der Waals surface area (Å²) in [5.74, 6) is -0.148. The highest BCUT2D eigenvalue weighted by atomic mass is 16.5. The Bertz CT molecular complexity index is 1240. The molecule has 3 aromatic carbocycles. The number of ether oxygens (including phenoxy) is 1. The Morgan fingerprint density at radius 3 is 2.25 bits per heavy atom. The number of amides is 1. The molecule has 0 aliphatic rings. The molecule has 1 aromatic heterocycles. The van der Waals surface area contributed by atoms with Gasteiger partial charge < -0.3 is 15.4 Å². The van der Waals surface area contributed by atoms with Crippen LogP contribution >= 0.6 is 0 Å². The third-order valence-corrected chi connectivity index (χ3v) is 4.70. The van der Waals surface area contributed by atoms with Crippen molar-refractivity contribution in [3.8, 4) is 11.3 Å². The maximum Gasteiger partial charge on any atom is 0.337 e. The summed E-state index contributed by atoms with van der Waals surface area (Å²) < 4.78 is 4.70. The molecule has 7 nitrogen and oxygen atoms in total. The summed E-state index contributed by atoms with van der Waals surface area (Å²) in [6, 6.07) is 25.3. The van der Waals surface area contributed by atoms with Crippen molar-refractivity contribution < 1.29 is 14.3 Å². The van der Waals surface area contributed by atoms with Gasteiger partial charge in [-0.1, -0.05) is 36.4 Å². The average Bonchev–Trinajstić information content (AvgIpc) is 2.85. The summed E-state index contributed by atoms with van der Waals surface area (Å²) in [7, 11) is 1.30. The van der Waals surface area contributed by atoms with Gasteiger partial charge in [-0.25, -0.2) is 14.8 Å². The van der Waals surface area contributed by atoms with Gasteiger partial charge in [0.25, 0.3) is 5.91 Å². The second kappa shape index (κ2) is 9.53. The van der Waals surface area contributed by atoms with Gasteiger partial charge in [0, 0.05) is 28.6 Å². The molecule has 0 bridgehead atoms. The number of benzene rings is 3. The zero-order valence-electron chi connectivity index (χ0n) is 17.3. The van der Waals surface area contributed by atoms with Crippen LogP contribution < -0.4 is 10.6 Å². The van der Waals surface area contributed by atoms with Gasteiger partial charge in [-0.2, -0.15) is 0 Å². The number of methoxy groups -OCH3 is 1. The van der Waals surface area contributed by atoms with Gasteiger partial charge in [0.2, 0.25) is 0 Å². The van der Waals surface area contributed by atoms with E-state index in [4.69, 9.17) is 4.74 Å². The number of hydrogen-bond acceptors (Lipinski definition) is 6. The van der Waals surface area contributed by atoms with E-state index in [1.165, 1.54) is 19.5 Å². The van der Waals surface area contributed by atoms with Gasteiger partial charge in [-0.3, -0.25) is 4.79 Å². The first-order valence-corrected chi connectivity index (χ1v) is 9.87. The predicted octanol–water partition coefficient (Wildman–Crippen LogP) is 4.93. The minimum atomic E-state index is -0.491. The van der Waals surface area contributed by atoms with E-state index in [1.807, 2.05) is 48.5 Å². The van der Waals surface area contributed by atoms with Gasteiger partial charge in [-0.05, 0) is 42.5 Å². The fraction of sp³-hybridized carbons (Fsp3) is 0.0400. The van der Waals surface area contributed by atoms with E-state index in [-0.39, 0.29) is 5.91 Å². The number of rotatable bonds is 6. The summed E-state index contributed by atoms with van der Waals surface area (Å²) in [5, 5.41) is 6.06. The number of anilines is 3. The van der Waals surface area contributed by atoms with Gasteiger partial charge in [0.15, 0.2) is 0 Å². The van der Waals surface area contributed by atoms with Gasteiger partial charge in [-0.15, -0.1) is 0 Å². The third kappa shape index (κ3) is 4.96. The van der Waals surface area contributed by atoms with Crippen molar-refractivity contribution in [1.29, 1.82) is 0 Å². The van der Waals surface area contributed by atoms with Gasteiger partial charge >= 0.3 is 5.97 Å². The fourth-order valence-corrected chi connectivity index (χ4v) is 3.09. The van der Waals surface area contributed by atoms with E-state index < -0.39 is 5.97 Å². The second-order valence-electron chi connectivity index (χ2n) is 6.88. The Kier molecular flexibility index (Phi) is 6.17. The minimum Gasteiger partial charge on any atom is -0.465 e. The molecule has 4 rings (SSSR count). The van der Waals surface area contributed by atoms with Crippen molar-refractivity contribution in [3.63, 3.8) is 0 Å². The van der Waals surface area contributed by atoms with E-state index in [2.05, 4.69) is 20.6 Å². The van der Waals surface area contributed by atoms with Crippen molar-refractivity contribution in [3.05, 3.63) is 102 Å². The highest BCUT2D eigenvalue weighted by Crippen LogP contribution is 2.22. The molecule has 0 spiro atoms. The van der Waals surface area contributed by atoms with Crippen LogP contribution in [-0.4, -0.2) is 29.0 Å². The van der Waals surface area contributed by atoms with Gasteiger partial charge in [0.1, 0.15) is 12.1 Å². The van der Waals surface area contributed by atoms with Crippen LogP contribution in [0.5, 0.6) is 0 Å². The van der Waals surface area contributed by atoms with E-state index in [0.717, 1.165) is 16.9 Å². The maximum absolute atomic E-state index is 12.5. The first-order valence-electron chi connectivity index (χ1n) is 9.87. The lowest BCUT2D eigenvalue weighted by molar-refractivity contribution is 0.0600. The van der Waals surface area contributed by atoms with Gasteiger partial charge in [0.05, 0.1) is 18.4 Å². The van der Waals surface area contributed by atoms with Crippen LogP contribution in [0.15, 0.2) is 91.3 Å². The predicted molar refractivity (Wildman–Crippen MR) is 123 cm³/mol. The van der Waals surface area contributed by atoms with Crippen LogP contribution in [0.1, 0.15) is 20.7 Å². The molecule has 1 heterocycles. The Hall–Kier alpha value is -4.52. The van der Waals surface area contributed by atoms with Crippen LogP contribution in [0.25, 0.3) is 11.3 Å². The first-order chi connectivity index (χ1) is 15.6. The number of nitrogens with zero attached hydrogens (tertiary/aromatic N) is 2. The molecule has 0 saturated heterocycles. The number of carbonyl (C=O) groups excluding carboxylic acids is 2. The highest BCUT2D eigenvalue weighted by Gasteiger charge is 2.11. The van der Waals surface area contributed by atoms with Crippen molar-refractivity contribution in [2.75, 3.05) is 17.7 Å². The molecule has 0 aliphatic carbocycles. The average molecular weight is 424 g/mol. The molecule has 0 unspecified atom stereocenters. The van der Waals surface area contributed by atoms with Crippen LogP contribution in [0.4, 0.5) is 17.2 Å². The van der Waals surface area contributed by atoms with Crippen LogP contribution in [0.3, 0.4) is 0 Å². The molecular formula is C25H20N4O3. The van der Waals surface area contributed by atoms with Crippen LogP contribution in [0.2, 0.25) is 0 Å². The van der Waals surface area contributed by atoms with E-state index in [9.17, 15) is 9.59 Å². The molecule has 7 heteroatoms. The minimum absolute atomic E-state index is 0.319. The highest BCUT2D eigenvalue weighted by molar-refractivity contribution is 6.05. The lowest BCUT2D eigenvalue weighted by Gasteiger charge is -2.09. The molecule has 158 valence electrons. The largest absolute Gasteiger partial charge is 0.465 e. The molecular weight excluding hydrogens is 404 g/mol. The quantitative estimate of drug-likeness (QED) is 0.427. The lowest BCUT2D eigenvalue weighted by atomic mass is 10.1. The molecule has 1 amide bonds. The number of aromatic nitrogens is 2. The zero-order valence-corrected chi connectivity index (χ0v) is 17.3. The summed E-state index contributed by atoms with van der Waals surface area (Å²) >= 11 is 0. The number of esters is 1. The van der Waals surface area contributed by atoms with E-state index >= 15 is 0 Å². The van der Waals surface area contributed by atoms with E-state index in [1.54, 1.807) is 30.3 Å². The molecule has 32 heavy (non-hydrogen) atoms. The smallest absolute Gasteiger partial charge is 0.337 e. The Morgan fingerprint density at radius 1 is 0.781 bits per heavy atom. The molecule has 0 aliphatic heterocycles. The van der Waals surface area contributed by atoms with Crippen molar-refractivity contribution in [2.45, 2.75) is 0 Å². The monoisotopic (exact) mass is 424 g/mol. The Balaban J connectivity index is 1.43. The maximum atomic E-state index is 12.5. The van der Waals surface area contributed by atoms with Crippen molar-refractivity contribution >= 4 is 29.1 Å². The first kappa shape index (κ1) is 20.7. The normalized spacial score (nSPS) is 10.3. The molecule has 4 aromatic rings. The zero-order chi connectivity index (χ0) is 22.3. The number of nitrogens with one attached hydrogen (secondary N) is 2. The fourth-order valence-electron chi connectivity index (χ4n) is 3.09. The SMILES string of the molecule is COC(=O)c1cccc(C(=O)Nc2ccc(Nc3cc(-c4ccccc4)ncn3)cc2)c1. The summed E-state index contributed by atoms with van der Waals surface area (Å²) in [5.41, 5.74) is 3.95. The molecule has 2 N–H and O–H groups in total. The molecule has 0 fully saturated rings. The second-order valence-corrected chi connectivity index (χ2v) is 6.88. The standard InChI is InChI=1S/C25H20N4O3/c1-32-25(31)19-9-5-8-18(14-19)24(30)29-21-12-10-20(11-13-21)28-23-15-22(26-16-27-23)17-6-3-2-4-7-17/h2-16H,1H3,(H,29,30)(H,26,27,28). The molecule has 0 atom stereocenters. The van der Waals surface area contributed by atoms with Crippen molar-refractivity contribution in [1.82, 2.24) is 9.97 Å². The number of hydrogen-bond donors (Lipinski definition) is 2. The van der Waals surface area contributed by atoms with Crippen molar-refractivity contribution in [2.24, 2.45) is 0 Å². The topological polar surface area (TPSA) is 93.2 Å². The van der Waals surface area contributed by atoms with E-state index in [0.29, 0.717) is 22.6 Å². The molecule has 0 radical (unpaired) electrons. The summed E-state index contributed by atoms with van der Waals surface area (Å²) in [4.78, 5) is 32.8. The van der Waals surface area contributed by atoms with Crippen LogP contribution in [-0.2, 0) is 4.74 Å². The third-order valence-electron chi connectivity index (χ3n) is 4.70.